The lowest BCUT2D eigenvalue weighted by atomic mass is 10.3. The lowest BCUT2D eigenvalue weighted by molar-refractivity contribution is 0.964. The molecule has 6 aromatic heterocycles. The molecule has 0 saturated carbocycles. The number of H-pyrrole nitrogens is 6. The minimum atomic E-state index is -0.118. The van der Waals surface area contributed by atoms with Crippen molar-refractivity contribution in [2.45, 2.75) is 48.5 Å². The summed E-state index contributed by atoms with van der Waals surface area (Å²) in [5, 5.41) is 21.0. The quantitative estimate of drug-likeness (QED) is 0.118. The lowest BCUT2D eigenvalue weighted by Crippen LogP contribution is -2.13. The van der Waals surface area contributed by atoms with E-state index in [9.17, 15) is 28.8 Å². The molecule has 0 fully saturated rings. The van der Waals surface area contributed by atoms with E-state index >= 15 is 0 Å². The molecule has 0 bridgehead atoms. The number of allylic oxidation sites excluding steroid dienone is 1. The molecule has 1 aliphatic heterocycles. The van der Waals surface area contributed by atoms with Gasteiger partial charge in [0.05, 0.1) is 23.9 Å². The van der Waals surface area contributed by atoms with Crippen molar-refractivity contribution in [3.05, 3.63) is 206 Å². The van der Waals surface area contributed by atoms with E-state index in [0.717, 1.165) is 22.5 Å². The maximum atomic E-state index is 10.6. The third-order valence-corrected chi connectivity index (χ3v) is 6.72. The first-order valence-corrected chi connectivity index (χ1v) is 16.6. The van der Waals surface area contributed by atoms with Crippen LogP contribution in [0.4, 0.5) is 0 Å². The highest BCUT2D eigenvalue weighted by Crippen LogP contribution is 1.95. The summed E-state index contributed by atoms with van der Waals surface area (Å²) in [6.07, 6.45) is 17.2. The predicted molar refractivity (Wildman–Crippen MR) is 217 cm³/mol. The summed E-state index contributed by atoms with van der Waals surface area (Å²) in [5.41, 5.74) is 5.73. The molecule has 0 spiro atoms. The molecule has 0 saturated heterocycles. The number of aromatic nitrogens is 10. The van der Waals surface area contributed by atoms with Crippen molar-refractivity contribution in [3.8, 4) is 0 Å². The van der Waals surface area contributed by atoms with Gasteiger partial charge in [-0.25, -0.2) is 10.1 Å². The predicted octanol–water partition coefficient (Wildman–Crippen LogP) is 2.72. The van der Waals surface area contributed by atoms with Gasteiger partial charge in [-0.2, -0.15) is 15.3 Å². The number of aryl methyl sites for hydroxylation is 6. The zero-order chi connectivity index (χ0) is 41.9. The SMILES string of the molecule is C=C1NC=CN=C1C.Cc1c[nH]ccc1=O.Cc1c[nH]ncc1=O.Cc1ccc[nH]c1=O.Cc1ccn[nH]c1=O.Cc1cnc[nH]c1=O.Cc1n[nH]ccc1=O. The second-order valence-electron chi connectivity index (χ2n) is 11.3. The summed E-state index contributed by atoms with van der Waals surface area (Å²) in [5.74, 6) is 0. The van der Waals surface area contributed by atoms with Crippen LogP contribution in [0.25, 0.3) is 0 Å². The standard InChI is InChI=1S/C6H8N2.2C6H7NO.4C5H6N2O/c1-5-6(2)8-4-3-7-5;1-5-4-7-3-2-6(5)8;1-5-3-2-4-7-6(5)8;1-4-2-6-3-7-5(4)8;1-4-2-6-7-3-5(4)8;1-4-5(8)2-3-6-7-4;1-4-2-3-6-7-5(4)8/h3-4,7H,1H2,2H3;2*2-4H,1H3,(H,7,8);2-3H,1H3,(H,6,7,8);2*2-3H,1H3,(H,6,8);2-3H,1H3,(H,7,8). The molecule has 0 radical (unpaired) electrons. The average Bonchev–Trinajstić information content (AvgIpc) is 3.18. The Hall–Kier alpha value is -7.63. The summed E-state index contributed by atoms with van der Waals surface area (Å²) in [6.45, 7) is 16.0. The minimum Gasteiger partial charge on any atom is -0.367 e. The van der Waals surface area contributed by atoms with Crippen LogP contribution in [0.15, 0.2) is 145 Å². The molecule has 0 unspecified atom stereocenters. The van der Waals surface area contributed by atoms with Crippen LogP contribution in [0, 0.1) is 41.5 Å². The van der Waals surface area contributed by atoms with Crippen molar-refractivity contribution in [1.82, 2.24) is 55.8 Å². The summed E-state index contributed by atoms with van der Waals surface area (Å²) in [4.78, 5) is 78.7. The first-order valence-electron chi connectivity index (χ1n) is 16.6. The second kappa shape index (κ2) is 26.2. The molecule has 7 rings (SSSR count). The molecule has 0 aromatic carbocycles. The molecule has 294 valence electrons. The summed E-state index contributed by atoms with van der Waals surface area (Å²) < 4.78 is 0. The molecule has 6 aromatic rings. The number of hydrogen-bond acceptors (Lipinski definition) is 12. The summed E-state index contributed by atoms with van der Waals surface area (Å²) in [6, 6.07) is 8.20. The van der Waals surface area contributed by atoms with Gasteiger partial charge in [-0.1, -0.05) is 12.6 Å². The molecule has 7 N–H and O–H groups in total. The van der Waals surface area contributed by atoms with Gasteiger partial charge in [0, 0.05) is 95.7 Å². The van der Waals surface area contributed by atoms with Gasteiger partial charge in [-0.3, -0.25) is 44.0 Å². The van der Waals surface area contributed by atoms with Crippen LogP contribution in [-0.2, 0) is 0 Å². The van der Waals surface area contributed by atoms with Crippen LogP contribution in [0.2, 0.25) is 0 Å². The van der Waals surface area contributed by atoms with Crippen molar-refractivity contribution in [1.29, 1.82) is 0 Å². The fraction of sp³-hybridized carbons (Fsp3) is 0.184. The van der Waals surface area contributed by atoms with Gasteiger partial charge < -0.3 is 20.3 Å². The fourth-order valence-corrected chi connectivity index (χ4v) is 3.13. The number of pyridine rings is 2. The largest absolute Gasteiger partial charge is 0.367 e. The Kier molecular flexibility index (Phi) is 21.7. The van der Waals surface area contributed by atoms with Crippen molar-refractivity contribution >= 4 is 5.71 Å². The number of hydrogen-bond donors (Lipinski definition) is 7. The van der Waals surface area contributed by atoms with Gasteiger partial charge in [-0.05, 0) is 60.6 Å². The van der Waals surface area contributed by atoms with Crippen LogP contribution < -0.4 is 38.3 Å². The lowest BCUT2D eigenvalue weighted by Gasteiger charge is -2.06. The van der Waals surface area contributed by atoms with Crippen molar-refractivity contribution in [2.24, 2.45) is 4.99 Å². The Balaban J connectivity index is 0.000000327. The maximum absolute atomic E-state index is 10.6. The normalized spacial score (nSPS) is 10.3. The fourth-order valence-electron chi connectivity index (χ4n) is 3.13. The third-order valence-electron chi connectivity index (χ3n) is 6.72. The summed E-state index contributed by atoms with van der Waals surface area (Å²) in [7, 11) is 0. The monoisotopic (exact) mass is 766 g/mol. The van der Waals surface area contributed by atoms with Gasteiger partial charge in [0.2, 0.25) is 10.9 Å². The molecule has 18 nitrogen and oxygen atoms in total. The molecular weight excluding hydrogens is 720 g/mol. The zero-order valence-electron chi connectivity index (χ0n) is 32.1. The number of nitrogens with one attached hydrogen (secondary N) is 7. The highest BCUT2D eigenvalue weighted by atomic mass is 16.1. The van der Waals surface area contributed by atoms with Crippen molar-refractivity contribution in [2.75, 3.05) is 0 Å². The van der Waals surface area contributed by atoms with Crippen molar-refractivity contribution in [3.63, 3.8) is 0 Å². The molecule has 7 heterocycles. The molecule has 0 amide bonds. The van der Waals surface area contributed by atoms with Gasteiger partial charge in [-0.15, -0.1) is 0 Å². The maximum Gasteiger partial charge on any atom is 0.267 e. The van der Waals surface area contributed by atoms with E-state index in [4.69, 9.17) is 0 Å². The van der Waals surface area contributed by atoms with Crippen LogP contribution in [0.5, 0.6) is 0 Å². The number of aliphatic imine (C=N–C) groups is 1. The smallest absolute Gasteiger partial charge is 0.267 e. The number of aromatic amines is 6. The average molecular weight is 767 g/mol. The first kappa shape index (κ1) is 46.4. The topological polar surface area (TPSA) is 273 Å². The molecule has 18 heteroatoms. The zero-order valence-corrected chi connectivity index (χ0v) is 32.1. The van der Waals surface area contributed by atoms with Crippen LogP contribution in [0.3, 0.4) is 0 Å². The Labute approximate surface area is 320 Å². The Morgan fingerprint density at radius 2 is 1.29 bits per heavy atom. The van der Waals surface area contributed by atoms with E-state index in [-0.39, 0.29) is 33.0 Å². The van der Waals surface area contributed by atoms with E-state index in [2.05, 4.69) is 67.4 Å². The van der Waals surface area contributed by atoms with E-state index in [0.29, 0.717) is 22.4 Å². The Morgan fingerprint density at radius 3 is 1.66 bits per heavy atom. The molecule has 0 atom stereocenters. The highest BCUT2D eigenvalue weighted by molar-refractivity contribution is 5.98. The first-order chi connectivity index (χ1) is 26.6. The van der Waals surface area contributed by atoms with Crippen LogP contribution in [-0.4, -0.2) is 56.2 Å². The number of nitrogens with zero attached hydrogens (tertiary/aromatic N) is 5. The third kappa shape index (κ3) is 19.8. The molecular formula is C38H46N12O6. The minimum absolute atomic E-state index is 0.00694. The van der Waals surface area contributed by atoms with E-state index < -0.39 is 0 Å². The van der Waals surface area contributed by atoms with E-state index in [1.165, 1.54) is 37.1 Å². The van der Waals surface area contributed by atoms with Gasteiger partial charge in [0.25, 0.3) is 16.7 Å². The van der Waals surface area contributed by atoms with Gasteiger partial charge >= 0.3 is 0 Å². The molecule has 56 heavy (non-hydrogen) atoms. The van der Waals surface area contributed by atoms with Crippen molar-refractivity contribution < 1.29 is 0 Å². The molecule has 0 aliphatic carbocycles. The Morgan fingerprint density at radius 1 is 0.607 bits per heavy atom. The van der Waals surface area contributed by atoms with E-state index in [1.807, 2.05) is 6.92 Å². The number of rotatable bonds is 0. The summed E-state index contributed by atoms with van der Waals surface area (Å²) >= 11 is 0. The van der Waals surface area contributed by atoms with Gasteiger partial charge in [0.1, 0.15) is 5.69 Å². The van der Waals surface area contributed by atoms with Crippen LogP contribution >= 0.6 is 0 Å². The Bertz CT molecular complexity index is 2110. The second-order valence-corrected chi connectivity index (χ2v) is 11.3. The molecule has 1 aliphatic rings. The highest BCUT2D eigenvalue weighted by Gasteiger charge is 1.96. The van der Waals surface area contributed by atoms with Gasteiger partial charge in [0.15, 0.2) is 5.43 Å². The van der Waals surface area contributed by atoms with Crippen LogP contribution in [0.1, 0.15) is 40.4 Å². The van der Waals surface area contributed by atoms with E-state index in [1.54, 1.807) is 103 Å².